The smallest absolute Gasteiger partial charge is 0.311 e. The van der Waals surface area contributed by atoms with E-state index in [-0.39, 0.29) is 26.7 Å². The van der Waals surface area contributed by atoms with Crippen LogP contribution in [0.15, 0.2) is 40.9 Å². The van der Waals surface area contributed by atoms with Crippen LogP contribution in [0.4, 0.5) is 10.1 Å². The normalized spacial score (nSPS) is 10.3. The lowest BCUT2D eigenvalue weighted by Gasteiger charge is -2.07. The lowest BCUT2D eigenvalue weighted by Crippen LogP contribution is -1.93. The Hall–Kier alpha value is -1.66. The minimum atomic E-state index is -0.596. The Labute approximate surface area is 121 Å². The predicted octanol–water partition coefficient (Wildman–Crippen LogP) is 4.94. The van der Waals surface area contributed by atoms with Crippen LogP contribution in [-0.2, 0) is 0 Å². The minimum Gasteiger partial charge on any atom is -0.450 e. The Balaban J connectivity index is 2.39. The summed E-state index contributed by atoms with van der Waals surface area (Å²) < 4.78 is 18.9. The maximum absolute atomic E-state index is 13.3. The van der Waals surface area contributed by atoms with Gasteiger partial charge in [0.15, 0.2) is 0 Å². The van der Waals surface area contributed by atoms with Gasteiger partial charge in [0.25, 0.3) is 0 Å². The molecule has 0 aliphatic carbocycles. The zero-order chi connectivity index (χ0) is 14.0. The summed E-state index contributed by atoms with van der Waals surface area (Å²) in [7, 11) is 0. The lowest BCUT2D eigenvalue weighted by molar-refractivity contribution is -0.385. The molecule has 0 radical (unpaired) electrons. The van der Waals surface area contributed by atoms with Gasteiger partial charge in [-0.3, -0.25) is 10.1 Å². The first-order valence-electron chi connectivity index (χ1n) is 5.04. The van der Waals surface area contributed by atoms with E-state index < -0.39 is 10.7 Å². The van der Waals surface area contributed by atoms with Gasteiger partial charge in [-0.1, -0.05) is 11.6 Å². The van der Waals surface area contributed by atoms with Gasteiger partial charge in [0.05, 0.1) is 9.40 Å². The first-order valence-corrected chi connectivity index (χ1v) is 6.21. The van der Waals surface area contributed by atoms with Crippen LogP contribution in [0.5, 0.6) is 11.5 Å². The maximum atomic E-state index is 13.3. The number of rotatable bonds is 3. The van der Waals surface area contributed by atoms with Crippen LogP contribution in [0.2, 0.25) is 5.02 Å². The average molecular weight is 347 g/mol. The average Bonchev–Trinajstić information content (AvgIpc) is 2.33. The molecule has 0 aliphatic rings. The zero-order valence-electron chi connectivity index (χ0n) is 9.27. The van der Waals surface area contributed by atoms with Gasteiger partial charge in [-0.25, -0.2) is 4.39 Å². The van der Waals surface area contributed by atoms with Crippen molar-refractivity contribution in [2.75, 3.05) is 0 Å². The molecule has 4 nitrogen and oxygen atoms in total. The number of nitro groups is 1. The van der Waals surface area contributed by atoms with E-state index in [2.05, 4.69) is 15.9 Å². The van der Waals surface area contributed by atoms with E-state index in [1.165, 1.54) is 30.3 Å². The molecule has 0 fully saturated rings. The second-order valence-corrected chi connectivity index (χ2v) is 4.84. The first kappa shape index (κ1) is 13.8. The van der Waals surface area contributed by atoms with Crippen molar-refractivity contribution in [2.24, 2.45) is 0 Å². The molecule has 2 aromatic carbocycles. The van der Waals surface area contributed by atoms with E-state index in [1.54, 1.807) is 0 Å². The van der Waals surface area contributed by atoms with E-state index >= 15 is 0 Å². The molecular formula is C12H6BrClFNO3. The monoisotopic (exact) mass is 345 g/mol. The standard InChI is InChI=1S/C12H6BrClFNO3/c13-9-3-2-8(6-10(9)15)19-12-5-7(14)1-4-11(12)16(17)18/h1-6H. The SMILES string of the molecule is O=[N+]([O-])c1ccc(Cl)cc1Oc1ccc(Br)c(F)c1. The van der Waals surface area contributed by atoms with Gasteiger partial charge in [0, 0.05) is 23.2 Å². The second-order valence-electron chi connectivity index (χ2n) is 3.55. The third-order valence-electron chi connectivity index (χ3n) is 2.24. The van der Waals surface area contributed by atoms with Crippen LogP contribution in [0.3, 0.4) is 0 Å². The highest BCUT2D eigenvalue weighted by molar-refractivity contribution is 9.10. The van der Waals surface area contributed by atoms with Crippen molar-refractivity contribution in [1.29, 1.82) is 0 Å². The van der Waals surface area contributed by atoms with E-state index in [0.717, 1.165) is 6.07 Å². The van der Waals surface area contributed by atoms with Gasteiger partial charge in [-0.05, 0) is 34.1 Å². The van der Waals surface area contributed by atoms with Crippen molar-refractivity contribution >= 4 is 33.2 Å². The molecule has 0 unspecified atom stereocenters. The molecule has 0 N–H and O–H groups in total. The van der Waals surface area contributed by atoms with Crippen LogP contribution in [-0.4, -0.2) is 4.92 Å². The number of halogens is 3. The number of nitrogens with zero attached hydrogens (tertiary/aromatic N) is 1. The molecule has 0 atom stereocenters. The Morgan fingerprint density at radius 3 is 2.63 bits per heavy atom. The van der Waals surface area contributed by atoms with Crippen molar-refractivity contribution < 1.29 is 14.1 Å². The highest BCUT2D eigenvalue weighted by Crippen LogP contribution is 2.34. The number of hydrogen-bond acceptors (Lipinski definition) is 3. The Morgan fingerprint density at radius 1 is 1.26 bits per heavy atom. The second kappa shape index (κ2) is 5.54. The fourth-order valence-electron chi connectivity index (χ4n) is 1.39. The lowest BCUT2D eigenvalue weighted by atomic mass is 10.3. The summed E-state index contributed by atoms with van der Waals surface area (Å²) in [5.41, 5.74) is -0.243. The number of nitro benzene ring substituents is 1. The van der Waals surface area contributed by atoms with E-state index in [9.17, 15) is 14.5 Å². The summed E-state index contributed by atoms with van der Waals surface area (Å²) in [5, 5.41) is 11.1. The van der Waals surface area contributed by atoms with Crippen LogP contribution in [0, 0.1) is 15.9 Å². The van der Waals surface area contributed by atoms with Gasteiger partial charge in [-0.15, -0.1) is 0 Å². The van der Waals surface area contributed by atoms with Gasteiger partial charge in [-0.2, -0.15) is 0 Å². The molecule has 0 heterocycles. The summed E-state index contributed by atoms with van der Waals surface area (Å²) in [6, 6.07) is 7.97. The quantitative estimate of drug-likeness (QED) is 0.584. The van der Waals surface area contributed by atoms with Crippen molar-refractivity contribution in [1.82, 2.24) is 0 Å². The summed E-state index contributed by atoms with van der Waals surface area (Å²) in [4.78, 5) is 10.2. The summed E-state index contributed by atoms with van der Waals surface area (Å²) in [5.74, 6) is -0.424. The zero-order valence-corrected chi connectivity index (χ0v) is 11.6. The van der Waals surface area contributed by atoms with Gasteiger partial charge in [0.1, 0.15) is 11.6 Å². The molecular weight excluding hydrogens is 340 g/mol. The largest absolute Gasteiger partial charge is 0.450 e. The van der Waals surface area contributed by atoms with Gasteiger partial charge < -0.3 is 4.74 Å². The fraction of sp³-hybridized carbons (Fsp3) is 0. The van der Waals surface area contributed by atoms with Crippen LogP contribution >= 0.6 is 27.5 Å². The van der Waals surface area contributed by atoms with Crippen molar-refractivity contribution in [3.05, 3.63) is 61.8 Å². The first-order chi connectivity index (χ1) is 8.97. The molecule has 98 valence electrons. The number of ether oxygens (including phenoxy) is 1. The van der Waals surface area contributed by atoms with Crippen molar-refractivity contribution in [3.8, 4) is 11.5 Å². The Kier molecular flexibility index (Phi) is 4.01. The van der Waals surface area contributed by atoms with E-state index in [0.29, 0.717) is 0 Å². The summed E-state index contributed by atoms with van der Waals surface area (Å²) in [6.07, 6.45) is 0. The van der Waals surface area contributed by atoms with Crippen LogP contribution in [0.25, 0.3) is 0 Å². The maximum Gasteiger partial charge on any atom is 0.311 e. The summed E-state index contributed by atoms with van der Waals surface area (Å²) >= 11 is 8.76. The molecule has 0 aliphatic heterocycles. The molecule has 0 aromatic heterocycles. The highest BCUT2D eigenvalue weighted by Gasteiger charge is 2.16. The molecule has 0 saturated heterocycles. The highest BCUT2D eigenvalue weighted by atomic mass is 79.9. The molecule has 19 heavy (non-hydrogen) atoms. The summed E-state index contributed by atoms with van der Waals surface area (Å²) in [6.45, 7) is 0. The van der Waals surface area contributed by atoms with Crippen LogP contribution < -0.4 is 4.74 Å². The number of benzene rings is 2. The third-order valence-corrected chi connectivity index (χ3v) is 3.12. The Bertz CT molecular complexity index is 651. The van der Waals surface area contributed by atoms with E-state index in [4.69, 9.17) is 16.3 Å². The minimum absolute atomic E-state index is 0.0424. The van der Waals surface area contributed by atoms with Crippen molar-refractivity contribution in [3.63, 3.8) is 0 Å². The topological polar surface area (TPSA) is 52.4 Å². The molecule has 0 spiro atoms. The molecule has 7 heteroatoms. The molecule has 2 aromatic rings. The molecule has 0 saturated carbocycles. The van der Waals surface area contributed by atoms with E-state index in [1.807, 2.05) is 0 Å². The van der Waals surface area contributed by atoms with Crippen LogP contribution in [0.1, 0.15) is 0 Å². The molecule has 0 amide bonds. The third kappa shape index (κ3) is 3.21. The number of hydrogen-bond donors (Lipinski definition) is 0. The fourth-order valence-corrected chi connectivity index (χ4v) is 1.80. The molecule has 0 bridgehead atoms. The van der Waals surface area contributed by atoms with Gasteiger partial charge >= 0.3 is 5.69 Å². The Morgan fingerprint density at radius 2 is 2.00 bits per heavy atom. The predicted molar refractivity (Wildman–Crippen MR) is 72.3 cm³/mol. The van der Waals surface area contributed by atoms with Crippen molar-refractivity contribution in [2.45, 2.75) is 0 Å². The van der Waals surface area contributed by atoms with Gasteiger partial charge in [0.2, 0.25) is 5.75 Å². The molecule has 2 rings (SSSR count).